The summed E-state index contributed by atoms with van der Waals surface area (Å²) >= 11 is 0. The van der Waals surface area contributed by atoms with Crippen molar-refractivity contribution >= 4 is 11.6 Å². The van der Waals surface area contributed by atoms with Crippen molar-refractivity contribution in [2.45, 2.75) is 19.3 Å². The molecule has 3 aromatic rings. The van der Waals surface area contributed by atoms with Gasteiger partial charge in [-0.3, -0.25) is 4.90 Å². The topological polar surface area (TPSA) is 53.5 Å². The summed E-state index contributed by atoms with van der Waals surface area (Å²) in [5.74, 6) is 0.662. The third kappa shape index (κ3) is 5.41. The second kappa shape index (κ2) is 10.4. The van der Waals surface area contributed by atoms with Crippen LogP contribution in [0.4, 0.5) is 11.6 Å². The molecule has 2 aromatic carbocycles. The number of anilines is 2. The van der Waals surface area contributed by atoms with Gasteiger partial charge in [-0.1, -0.05) is 36.4 Å². The van der Waals surface area contributed by atoms with E-state index in [0.29, 0.717) is 5.95 Å². The van der Waals surface area contributed by atoms with Crippen LogP contribution in [0.25, 0.3) is 11.3 Å². The average Bonchev–Trinajstić information content (AvgIpc) is 2.87. The Balaban J connectivity index is 1.20. The van der Waals surface area contributed by atoms with Gasteiger partial charge in [0.2, 0.25) is 5.95 Å². The van der Waals surface area contributed by atoms with Crippen molar-refractivity contribution in [3.05, 3.63) is 71.4 Å². The van der Waals surface area contributed by atoms with Crippen LogP contribution in [0.2, 0.25) is 0 Å². The lowest BCUT2D eigenvalue weighted by Crippen LogP contribution is -2.47. The zero-order chi connectivity index (χ0) is 22.5. The highest BCUT2D eigenvalue weighted by molar-refractivity contribution is 5.70. The van der Waals surface area contributed by atoms with Crippen LogP contribution < -0.4 is 5.32 Å². The molecule has 0 radical (unpaired) electrons. The molecule has 0 atom stereocenters. The summed E-state index contributed by atoms with van der Waals surface area (Å²) in [4.78, 5) is 14.5. The number of aryl methyl sites for hydroxylation is 2. The molecule has 1 aliphatic heterocycles. The molecule has 172 valence electrons. The molecule has 6 heteroatoms. The molecule has 2 aliphatic rings. The van der Waals surface area contributed by atoms with E-state index in [-0.39, 0.29) is 0 Å². The molecule has 0 bridgehead atoms. The molecular weight excluding hydrogens is 410 g/mol. The number of hydrogen-bond acceptors (Lipinski definition) is 6. The van der Waals surface area contributed by atoms with E-state index >= 15 is 0 Å². The first kappa shape index (κ1) is 22.0. The van der Waals surface area contributed by atoms with Crippen LogP contribution in [0.1, 0.15) is 16.7 Å². The van der Waals surface area contributed by atoms with Gasteiger partial charge in [0.15, 0.2) is 0 Å². The lowest BCUT2D eigenvalue weighted by molar-refractivity contribution is 0.0976. The fraction of sp³-hybridized carbons (Fsp3) is 0.407. The van der Waals surface area contributed by atoms with E-state index in [0.717, 1.165) is 76.5 Å². The SMILES string of the molecule is COCCN1CCN(CCc2cccc(Nc3ncc4c(n3)-c3ccccc3CC4)c2)CC1. The van der Waals surface area contributed by atoms with Crippen LogP contribution in [0.3, 0.4) is 0 Å². The Labute approximate surface area is 196 Å². The van der Waals surface area contributed by atoms with E-state index in [2.05, 4.69) is 68.6 Å². The number of nitrogens with one attached hydrogen (secondary N) is 1. The molecule has 0 saturated carbocycles. The van der Waals surface area contributed by atoms with Gasteiger partial charge in [0.1, 0.15) is 0 Å². The van der Waals surface area contributed by atoms with E-state index in [1.54, 1.807) is 7.11 Å². The number of methoxy groups -OCH3 is 1. The van der Waals surface area contributed by atoms with Crippen molar-refractivity contribution in [3.63, 3.8) is 0 Å². The number of ether oxygens (including phenoxy) is 1. The van der Waals surface area contributed by atoms with Gasteiger partial charge in [0, 0.05) is 63.8 Å². The number of hydrogen-bond donors (Lipinski definition) is 1. The standard InChI is InChI=1S/C27H33N5O/c1-33-18-17-32-15-13-31(14-16-32)12-11-21-5-4-7-24(19-21)29-27-28-20-23-10-9-22-6-2-3-8-25(22)26(23)30-27/h2-8,19-20H,9-18H2,1H3,(H,28,29,30). The van der Waals surface area contributed by atoms with Crippen molar-refractivity contribution in [3.8, 4) is 11.3 Å². The predicted octanol–water partition coefficient (Wildman–Crippen LogP) is 3.79. The highest BCUT2D eigenvalue weighted by Gasteiger charge is 2.18. The maximum Gasteiger partial charge on any atom is 0.227 e. The quantitative estimate of drug-likeness (QED) is 0.572. The predicted molar refractivity (Wildman–Crippen MR) is 133 cm³/mol. The summed E-state index contributed by atoms with van der Waals surface area (Å²) in [7, 11) is 1.77. The molecule has 0 spiro atoms. The summed E-state index contributed by atoms with van der Waals surface area (Å²) < 4.78 is 5.20. The maximum atomic E-state index is 5.20. The number of fused-ring (bicyclic) bond motifs is 3. The Kier molecular flexibility index (Phi) is 6.95. The minimum atomic E-state index is 0.662. The Hall–Kier alpha value is -2.80. The van der Waals surface area contributed by atoms with Gasteiger partial charge in [0.25, 0.3) is 0 Å². The minimum absolute atomic E-state index is 0.662. The minimum Gasteiger partial charge on any atom is -0.383 e. The molecule has 1 N–H and O–H groups in total. The van der Waals surface area contributed by atoms with Gasteiger partial charge in [-0.25, -0.2) is 9.97 Å². The molecule has 0 unspecified atom stereocenters. The van der Waals surface area contributed by atoms with Crippen LogP contribution in [0.15, 0.2) is 54.7 Å². The number of aromatic nitrogens is 2. The normalized spacial score (nSPS) is 16.3. The molecule has 33 heavy (non-hydrogen) atoms. The van der Waals surface area contributed by atoms with Gasteiger partial charge in [-0.05, 0) is 48.1 Å². The van der Waals surface area contributed by atoms with Gasteiger partial charge in [-0.2, -0.15) is 0 Å². The number of piperazine rings is 1. The lowest BCUT2D eigenvalue weighted by atomic mass is 9.90. The molecule has 1 fully saturated rings. The van der Waals surface area contributed by atoms with Crippen molar-refractivity contribution in [1.29, 1.82) is 0 Å². The largest absolute Gasteiger partial charge is 0.383 e. The van der Waals surface area contributed by atoms with Crippen LogP contribution in [-0.2, 0) is 24.0 Å². The van der Waals surface area contributed by atoms with Crippen molar-refractivity contribution < 1.29 is 4.74 Å². The smallest absolute Gasteiger partial charge is 0.227 e. The van der Waals surface area contributed by atoms with E-state index in [9.17, 15) is 0 Å². The summed E-state index contributed by atoms with van der Waals surface area (Å²) in [6.45, 7) is 7.47. The highest BCUT2D eigenvalue weighted by Crippen LogP contribution is 2.32. The van der Waals surface area contributed by atoms with Crippen LogP contribution in [-0.4, -0.2) is 72.8 Å². The maximum absolute atomic E-state index is 5.20. The first-order chi connectivity index (χ1) is 16.3. The van der Waals surface area contributed by atoms with Gasteiger partial charge in [0.05, 0.1) is 12.3 Å². The number of rotatable bonds is 8. The first-order valence-electron chi connectivity index (χ1n) is 12.0. The van der Waals surface area contributed by atoms with E-state index < -0.39 is 0 Å². The van der Waals surface area contributed by atoms with Crippen LogP contribution in [0, 0.1) is 0 Å². The Morgan fingerprint density at radius 1 is 0.909 bits per heavy atom. The fourth-order valence-electron chi connectivity index (χ4n) is 4.80. The van der Waals surface area contributed by atoms with Crippen molar-refractivity contribution in [2.24, 2.45) is 0 Å². The third-order valence-corrected chi connectivity index (χ3v) is 6.78. The fourth-order valence-corrected chi connectivity index (χ4v) is 4.80. The van der Waals surface area contributed by atoms with Crippen LogP contribution >= 0.6 is 0 Å². The van der Waals surface area contributed by atoms with Gasteiger partial charge < -0.3 is 15.0 Å². The zero-order valence-electron chi connectivity index (χ0n) is 19.5. The third-order valence-electron chi connectivity index (χ3n) is 6.78. The molecular formula is C27H33N5O. The monoisotopic (exact) mass is 443 g/mol. The van der Waals surface area contributed by atoms with E-state index in [1.807, 2.05) is 6.20 Å². The molecule has 0 amide bonds. The highest BCUT2D eigenvalue weighted by atomic mass is 16.5. The van der Waals surface area contributed by atoms with Crippen molar-refractivity contribution in [2.75, 3.05) is 58.3 Å². The summed E-state index contributed by atoms with van der Waals surface area (Å²) in [5.41, 5.74) is 7.29. The number of benzene rings is 2. The summed E-state index contributed by atoms with van der Waals surface area (Å²) in [6, 6.07) is 17.2. The molecule has 1 aromatic heterocycles. The molecule has 5 rings (SSSR count). The number of nitrogens with zero attached hydrogens (tertiary/aromatic N) is 4. The van der Waals surface area contributed by atoms with E-state index in [1.165, 1.54) is 22.3 Å². The Morgan fingerprint density at radius 2 is 1.70 bits per heavy atom. The van der Waals surface area contributed by atoms with Gasteiger partial charge in [-0.15, -0.1) is 0 Å². The summed E-state index contributed by atoms with van der Waals surface area (Å²) in [6.07, 6.45) is 5.09. The second-order valence-corrected chi connectivity index (χ2v) is 8.98. The van der Waals surface area contributed by atoms with Gasteiger partial charge >= 0.3 is 0 Å². The molecule has 1 aliphatic carbocycles. The molecule has 1 saturated heterocycles. The zero-order valence-corrected chi connectivity index (χ0v) is 19.5. The first-order valence-corrected chi connectivity index (χ1v) is 12.0. The molecule has 2 heterocycles. The van der Waals surface area contributed by atoms with E-state index in [4.69, 9.17) is 9.72 Å². The average molecular weight is 444 g/mol. The Bertz CT molecular complexity index is 1080. The summed E-state index contributed by atoms with van der Waals surface area (Å²) in [5, 5.41) is 3.43. The van der Waals surface area contributed by atoms with Crippen LogP contribution in [0.5, 0.6) is 0 Å². The lowest BCUT2D eigenvalue weighted by Gasteiger charge is -2.34. The Morgan fingerprint density at radius 3 is 2.55 bits per heavy atom. The van der Waals surface area contributed by atoms with Crippen molar-refractivity contribution in [1.82, 2.24) is 19.8 Å². The molecule has 6 nitrogen and oxygen atoms in total. The second-order valence-electron chi connectivity index (χ2n) is 8.98.